The van der Waals surface area contributed by atoms with Gasteiger partial charge in [0.25, 0.3) is 11.4 Å². The Labute approximate surface area is 156 Å². The third-order valence-corrected chi connectivity index (χ3v) is 5.79. The minimum Gasteiger partial charge on any atom is -0.372 e. The molecule has 0 unspecified atom stereocenters. The number of non-ortho nitro benzene ring substituents is 1. The molecule has 7 nitrogen and oxygen atoms in total. The predicted molar refractivity (Wildman–Crippen MR) is 102 cm³/mol. The maximum Gasteiger partial charge on any atom is 0.292 e. The second kappa shape index (κ2) is 6.19. The normalized spacial score (nSPS) is 22.7. The van der Waals surface area contributed by atoms with Crippen LogP contribution < -0.4 is 5.32 Å². The van der Waals surface area contributed by atoms with Crippen LogP contribution in [-0.4, -0.2) is 9.85 Å². The molecule has 2 aliphatic rings. The van der Waals surface area contributed by atoms with E-state index >= 15 is 0 Å². The highest BCUT2D eigenvalue weighted by molar-refractivity contribution is 5.74. The monoisotopic (exact) mass is 365 g/mol. The Bertz CT molecular complexity index is 999. The molecule has 0 saturated carbocycles. The van der Waals surface area contributed by atoms with Crippen LogP contribution in [0.2, 0.25) is 0 Å². The molecule has 2 aromatic carbocycles. The number of aryl methyl sites for hydroxylation is 1. The Morgan fingerprint density at radius 3 is 2.59 bits per heavy atom. The van der Waals surface area contributed by atoms with Crippen LogP contribution >= 0.6 is 0 Å². The Hall–Kier alpha value is -3.22. The number of anilines is 1. The van der Waals surface area contributed by atoms with E-state index < -0.39 is 4.92 Å². The topological polar surface area (TPSA) is 98.3 Å². The smallest absolute Gasteiger partial charge is 0.292 e. The highest BCUT2D eigenvalue weighted by atomic mass is 16.6. The van der Waals surface area contributed by atoms with Gasteiger partial charge in [0.15, 0.2) is 0 Å². The fourth-order valence-corrected chi connectivity index (χ4v) is 4.39. The minimum absolute atomic E-state index is 0.0252. The van der Waals surface area contributed by atoms with Gasteiger partial charge in [-0.05, 0) is 48.4 Å². The van der Waals surface area contributed by atoms with Gasteiger partial charge in [0.2, 0.25) is 0 Å². The largest absolute Gasteiger partial charge is 0.372 e. The van der Waals surface area contributed by atoms with E-state index in [9.17, 15) is 20.2 Å². The van der Waals surface area contributed by atoms with E-state index in [1.807, 2.05) is 19.9 Å². The van der Waals surface area contributed by atoms with E-state index in [-0.39, 0.29) is 34.2 Å². The lowest BCUT2D eigenvalue weighted by atomic mass is 9.74. The van der Waals surface area contributed by atoms with Crippen LogP contribution in [0.1, 0.15) is 40.6 Å². The van der Waals surface area contributed by atoms with Gasteiger partial charge in [-0.25, -0.2) is 0 Å². The summed E-state index contributed by atoms with van der Waals surface area (Å²) in [6.07, 6.45) is 5.04. The van der Waals surface area contributed by atoms with Gasteiger partial charge in [0, 0.05) is 24.1 Å². The summed E-state index contributed by atoms with van der Waals surface area (Å²) in [4.78, 5) is 22.1. The van der Waals surface area contributed by atoms with Crippen molar-refractivity contribution in [1.82, 2.24) is 0 Å². The summed E-state index contributed by atoms with van der Waals surface area (Å²) in [5.74, 6) is 0.226. The molecule has 27 heavy (non-hydrogen) atoms. The highest BCUT2D eigenvalue weighted by Crippen LogP contribution is 2.53. The van der Waals surface area contributed by atoms with Crippen molar-refractivity contribution >= 4 is 17.1 Å². The summed E-state index contributed by atoms with van der Waals surface area (Å²) in [5.41, 5.74) is 4.33. The molecule has 0 spiro atoms. The molecule has 4 rings (SSSR count). The van der Waals surface area contributed by atoms with Gasteiger partial charge in [-0.15, -0.1) is 0 Å². The molecule has 1 aliphatic carbocycles. The van der Waals surface area contributed by atoms with Crippen LogP contribution in [0.15, 0.2) is 42.5 Å². The first kappa shape index (κ1) is 17.2. The van der Waals surface area contributed by atoms with Crippen molar-refractivity contribution in [3.05, 3.63) is 85.0 Å². The van der Waals surface area contributed by atoms with Crippen molar-refractivity contribution in [1.29, 1.82) is 0 Å². The van der Waals surface area contributed by atoms with E-state index in [1.165, 1.54) is 6.07 Å². The molecule has 0 amide bonds. The van der Waals surface area contributed by atoms with Gasteiger partial charge in [-0.2, -0.15) is 0 Å². The first-order chi connectivity index (χ1) is 12.9. The summed E-state index contributed by atoms with van der Waals surface area (Å²) in [5, 5.41) is 26.2. The molecule has 0 fully saturated rings. The molecule has 3 atom stereocenters. The molecule has 1 heterocycles. The molecule has 0 saturated heterocycles. The summed E-state index contributed by atoms with van der Waals surface area (Å²) in [7, 11) is 0. The lowest BCUT2D eigenvalue weighted by Gasteiger charge is -2.38. The molecule has 0 radical (unpaired) electrons. The van der Waals surface area contributed by atoms with Crippen molar-refractivity contribution in [2.24, 2.45) is 5.92 Å². The second-order valence-corrected chi connectivity index (χ2v) is 7.21. The number of nitro groups is 2. The zero-order valence-corrected chi connectivity index (χ0v) is 15.0. The average molecular weight is 365 g/mol. The number of rotatable bonds is 3. The number of allylic oxidation sites excluding steroid dienone is 2. The molecule has 1 aliphatic heterocycles. The fourth-order valence-electron chi connectivity index (χ4n) is 4.39. The number of hydrogen-bond acceptors (Lipinski definition) is 5. The van der Waals surface area contributed by atoms with Crippen LogP contribution in [-0.2, 0) is 0 Å². The quantitative estimate of drug-likeness (QED) is 0.471. The second-order valence-electron chi connectivity index (χ2n) is 7.21. The van der Waals surface area contributed by atoms with Crippen LogP contribution in [0.25, 0.3) is 0 Å². The van der Waals surface area contributed by atoms with Gasteiger partial charge in [0.1, 0.15) is 5.69 Å². The number of nitrogens with zero attached hydrogens (tertiary/aromatic N) is 2. The third kappa shape index (κ3) is 2.66. The molecular weight excluding hydrogens is 346 g/mol. The number of nitro benzene ring substituents is 2. The Morgan fingerprint density at radius 2 is 1.89 bits per heavy atom. The minimum atomic E-state index is -0.416. The van der Waals surface area contributed by atoms with Gasteiger partial charge in [0.05, 0.1) is 15.9 Å². The standard InChI is InChI=1S/C20H19N3O4/c1-11-9-17(23(26)27)20-18(12(11)2)15-7-4-8-16(15)19(21-20)13-5-3-6-14(10-13)22(24)25/h3-7,9-10,15-16,19,21H,8H2,1-2H3/t15-,16+,19+/m1/s1. The summed E-state index contributed by atoms with van der Waals surface area (Å²) in [6.45, 7) is 3.89. The van der Waals surface area contributed by atoms with Crippen molar-refractivity contribution in [3.8, 4) is 0 Å². The predicted octanol–water partition coefficient (Wildman–Crippen LogP) is 4.95. The maximum absolute atomic E-state index is 11.7. The molecule has 0 aromatic heterocycles. The molecule has 138 valence electrons. The van der Waals surface area contributed by atoms with Gasteiger partial charge in [-0.3, -0.25) is 20.2 Å². The molecule has 0 bridgehead atoms. The molecule has 7 heteroatoms. The lowest BCUT2D eigenvalue weighted by molar-refractivity contribution is -0.384. The zero-order valence-electron chi connectivity index (χ0n) is 15.0. The number of fused-ring (bicyclic) bond motifs is 3. The van der Waals surface area contributed by atoms with E-state index in [2.05, 4.69) is 17.5 Å². The fraction of sp³-hybridized carbons (Fsp3) is 0.300. The first-order valence-electron chi connectivity index (χ1n) is 8.84. The van der Waals surface area contributed by atoms with Crippen molar-refractivity contribution in [2.45, 2.75) is 32.2 Å². The Kier molecular flexibility index (Phi) is 3.95. The third-order valence-electron chi connectivity index (χ3n) is 5.79. The number of hydrogen-bond donors (Lipinski definition) is 1. The zero-order chi connectivity index (χ0) is 19.3. The van der Waals surface area contributed by atoms with Crippen LogP contribution in [0.5, 0.6) is 0 Å². The van der Waals surface area contributed by atoms with Crippen molar-refractivity contribution in [2.75, 3.05) is 5.32 Å². The maximum atomic E-state index is 11.7. The summed E-state index contributed by atoms with van der Waals surface area (Å²) < 4.78 is 0. The van der Waals surface area contributed by atoms with Crippen LogP contribution in [0.3, 0.4) is 0 Å². The van der Waals surface area contributed by atoms with Crippen molar-refractivity contribution in [3.63, 3.8) is 0 Å². The van der Waals surface area contributed by atoms with E-state index in [4.69, 9.17) is 0 Å². The Morgan fingerprint density at radius 1 is 1.11 bits per heavy atom. The summed E-state index contributed by atoms with van der Waals surface area (Å²) >= 11 is 0. The molecule has 1 N–H and O–H groups in total. The molecular formula is C20H19N3O4. The van der Waals surface area contributed by atoms with Crippen LogP contribution in [0, 0.1) is 40.0 Å². The van der Waals surface area contributed by atoms with Gasteiger partial charge < -0.3 is 5.32 Å². The van der Waals surface area contributed by atoms with E-state index in [1.54, 1.807) is 18.2 Å². The average Bonchev–Trinajstić information content (AvgIpc) is 3.13. The van der Waals surface area contributed by atoms with Gasteiger partial charge >= 0.3 is 0 Å². The highest BCUT2D eigenvalue weighted by Gasteiger charge is 2.42. The summed E-state index contributed by atoms with van der Waals surface area (Å²) in [6, 6.07) is 7.91. The number of nitrogens with one attached hydrogen (secondary N) is 1. The SMILES string of the molecule is Cc1cc([N+](=O)[O-])c2c(c1C)[C@@H]1C=CC[C@@H]1[C@H](c1cccc([N+](=O)[O-])c1)N2. The van der Waals surface area contributed by atoms with Crippen molar-refractivity contribution < 1.29 is 9.85 Å². The first-order valence-corrected chi connectivity index (χ1v) is 8.84. The van der Waals surface area contributed by atoms with Gasteiger partial charge in [-0.1, -0.05) is 24.3 Å². The van der Waals surface area contributed by atoms with E-state index in [0.29, 0.717) is 5.69 Å². The Balaban J connectivity index is 1.89. The van der Waals surface area contributed by atoms with Crippen LogP contribution in [0.4, 0.5) is 17.1 Å². The number of benzene rings is 2. The lowest BCUT2D eigenvalue weighted by Crippen LogP contribution is -2.30. The molecule has 2 aromatic rings. The van der Waals surface area contributed by atoms with E-state index in [0.717, 1.165) is 28.7 Å².